The summed E-state index contributed by atoms with van der Waals surface area (Å²) >= 11 is 0. The second-order valence-electron chi connectivity index (χ2n) is 7.66. The highest BCUT2D eigenvalue weighted by Gasteiger charge is 2.47. The van der Waals surface area contributed by atoms with E-state index in [1.54, 1.807) is 30.3 Å². The molecule has 9 heteroatoms. The van der Waals surface area contributed by atoms with Gasteiger partial charge in [0.1, 0.15) is 5.82 Å². The van der Waals surface area contributed by atoms with Crippen LogP contribution < -0.4 is 11.2 Å². The van der Waals surface area contributed by atoms with Gasteiger partial charge in [-0.05, 0) is 5.56 Å². The van der Waals surface area contributed by atoms with E-state index >= 15 is 0 Å². The summed E-state index contributed by atoms with van der Waals surface area (Å²) in [5.74, 6) is -1.65. The van der Waals surface area contributed by atoms with E-state index in [9.17, 15) is 24.5 Å². The fraction of sp³-hybridized carbons (Fsp3) is 0.182. The highest BCUT2D eigenvalue weighted by Crippen LogP contribution is 2.46. The normalized spacial score (nSPS) is 18.8. The molecule has 2 atom stereocenters. The van der Waals surface area contributed by atoms with Gasteiger partial charge < -0.3 is 0 Å². The van der Waals surface area contributed by atoms with Crippen LogP contribution >= 0.6 is 0 Å². The third-order valence-corrected chi connectivity index (χ3v) is 6.02. The largest absolute Gasteiger partial charge is 0.332 e. The second-order valence-corrected chi connectivity index (χ2v) is 7.66. The molecule has 1 aliphatic carbocycles. The van der Waals surface area contributed by atoms with Crippen LogP contribution in [0, 0.1) is 16.0 Å². The molecule has 2 heterocycles. The summed E-state index contributed by atoms with van der Waals surface area (Å²) in [5, 5.41) is 11.4. The summed E-state index contributed by atoms with van der Waals surface area (Å²) < 4.78 is 2.24. The molecule has 1 aliphatic heterocycles. The molecule has 31 heavy (non-hydrogen) atoms. The molecule has 2 aromatic carbocycles. The van der Waals surface area contributed by atoms with Crippen molar-refractivity contribution >= 4 is 23.0 Å². The number of benzene rings is 2. The Labute approximate surface area is 175 Å². The van der Waals surface area contributed by atoms with Gasteiger partial charge in [0, 0.05) is 43.3 Å². The molecule has 2 aliphatic rings. The first kappa shape index (κ1) is 18.9. The maximum Gasteiger partial charge on any atom is 0.332 e. The van der Waals surface area contributed by atoms with Crippen LogP contribution in [0.5, 0.6) is 0 Å². The number of hydrogen-bond donors (Lipinski definition) is 0. The average molecular weight is 416 g/mol. The molecular formula is C22H16N4O5. The van der Waals surface area contributed by atoms with Crippen molar-refractivity contribution in [3.63, 3.8) is 0 Å². The first-order valence-corrected chi connectivity index (χ1v) is 9.57. The smallest absolute Gasteiger partial charge is 0.293 e. The number of nitro benzene ring substituents is 1. The number of carbonyl (C=O) groups excluding carboxylic acids is 1. The van der Waals surface area contributed by atoms with Crippen molar-refractivity contribution in [3.05, 3.63) is 102 Å². The molecule has 9 nitrogen and oxygen atoms in total. The van der Waals surface area contributed by atoms with Gasteiger partial charge in [-0.1, -0.05) is 36.4 Å². The van der Waals surface area contributed by atoms with Crippen LogP contribution in [-0.4, -0.2) is 25.6 Å². The van der Waals surface area contributed by atoms with E-state index in [1.165, 1.54) is 36.9 Å². The van der Waals surface area contributed by atoms with Gasteiger partial charge >= 0.3 is 5.69 Å². The molecule has 0 bridgehead atoms. The second kappa shape index (κ2) is 6.43. The molecule has 0 spiro atoms. The number of ketones is 1. The third kappa shape index (κ3) is 2.49. The summed E-state index contributed by atoms with van der Waals surface area (Å²) in [7, 11) is 2.87. The Bertz CT molecular complexity index is 1460. The zero-order valence-corrected chi connectivity index (χ0v) is 16.6. The third-order valence-electron chi connectivity index (χ3n) is 6.02. The summed E-state index contributed by atoms with van der Waals surface area (Å²) in [4.78, 5) is 54.6. The molecule has 154 valence electrons. The lowest BCUT2D eigenvalue weighted by Crippen LogP contribution is -2.43. The predicted molar refractivity (Wildman–Crippen MR) is 112 cm³/mol. The van der Waals surface area contributed by atoms with Gasteiger partial charge in [0.15, 0.2) is 5.78 Å². The Morgan fingerprint density at radius 3 is 2.35 bits per heavy atom. The van der Waals surface area contributed by atoms with Crippen molar-refractivity contribution < 1.29 is 9.72 Å². The van der Waals surface area contributed by atoms with E-state index in [0.29, 0.717) is 22.4 Å². The number of carbonyl (C=O) groups is 1. The Kier molecular flexibility index (Phi) is 3.91. The maximum atomic E-state index is 13.4. The van der Waals surface area contributed by atoms with Crippen molar-refractivity contribution in [1.29, 1.82) is 0 Å². The Hall–Kier alpha value is -4.14. The molecule has 0 fully saturated rings. The predicted octanol–water partition coefficient (Wildman–Crippen LogP) is 2.07. The molecular weight excluding hydrogens is 400 g/mol. The highest BCUT2D eigenvalue weighted by atomic mass is 16.6. The van der Waals surface area contributed by atoms with Gasteiger partial charge in [-0.15, -0.1) is 0 Å². The quantitative estimate of drug-likeness (QED) is 0.468. The summed E-state index contributed by atoms with van der Waals surface area (Å²) in [6.45, 7) is 0. The lowest BCUT2D eigenvalue weighted by molar-refractivity contribution is -0.384. The molecule has 2 unspecified atom stereocenters. The number of nitrogens with zero attached hydrogens (tertiary/aromatic N) is 4. The van der Waals surface area contributed by atoms with Crippen molar-refractivity contribution in [1.82, 2.24) is 9.13 Å². The fourth-order valence-corrected chi connectivity index (χ4v) is 4.56. The van der Waals surface area contributed by atoms with Crippen molar-refractivity contribution in [2.75, 3.05) is 0 Å². The van der Waals surface area contributed by atoms with E-state index in [1.807, 2.05) is 0 Å². The van der Waals surface area contributed by atoms with Crippen LogP contribution in [-0.2, 0) is 14.1 Å². The average Bonchev–Trinajstić information content (AvgIpc) is 3.07. The number of aliphatic imine (C=N–C) groups is 1. The zero-order valence-electron chi connectivity index (χ0n) is 16.6. The van der Waals surface area contributed by atoms with E-state index in [0.717, 1.165) is 4.57 Å². The van der Waals surface area contributed by atoms with Crippen LogP contribution in [0.4, 0.5) is 11.5 Å². The molecule has 1 aromatic heterocycles. The monoisotopic (exact) mass is 416 g/mol. The maximum absolute atomic E-state index is 13.4. The van der Waals surface area contributed by atoms with E-state index in [-0.39, 0.29) is 22.9 Å². The minimum absolute atomic E-state index is 0.146. The summed E-state index contributed by atoms with van der Waals surface area (Å²) in [6.07, 6.45) is 0. The lowest BCUT2D eigenvalue weighted by Gasteiger charge is -2.29. The van der Waals surface area contributed by atoms with Gasteiger partial charge in [0.05, 0.1) is 22.1 Å². The molecule has 3 aromatic rings. The number of Topliss-reactive ketones (excluding diaryl/α,β-unsaturated/α-hetero) is 1. The number of fused-ring (bicyclic) bond motifs is 4. The van der Waals surface area contributed by atoms with E-state index in [4.69, 9.17) is 0 Å². The molecule has 0 N–H and O–H groups in total. The van der Waals surface area contributed by atoms with E-state index < -0.39 is 28.0 Å². The number of hydrogen-bond acceptors (Lipinski definition) is 6. The molecule has 0 amide bonds. The van der Waals surface area contributed by atoms with Gasteiger partial charge in [-0.25, -0.2) is 9.79 Å². The van der Waals surface area contributed by atoms with Crippen LogP contribution in [0.3, 0.4) is 0 Å². The first-order valence-electron chi connectivity index (χ1n) is 9.57. The lowest BCUT2D eigenvalue weighted by atomic mass is 9.76. The van der Waals surface area contributed by atoms with Gasteiger partial charge in [-0.3, -0.25) is 28.8 Å². The molecule has 5 rings (SSSR count). The topological polar surface area (TPSA) is 117 Å². The van der Waals surface area contributed by atoms with Crippen molar-refractivity contribution in [3.8, 4) is 0 Å². The highest BCUT2D eigenvalue weighted by molar-refractivity contribution is 6.30. The first-order chi connectivity index (χ1) is 14.8. The van der Waals surface area contributed by atoms with Crippen LogP contribution in [0.25, 0.3) is 0 Å². The summed E-state index contributed by atoms with van der Waals surface area (Å²) in [6, 6.07) is 12.9. The Morgan fingerprint density at radius 1 is 0.935 bits per heavy atom. The SMILES string of the molecule is Cn1c2c(c(=O)n(C)c1=O)C(c1cccc([N+](=O)[O-])c1)C1C(=O)c3ccccc3C1=N2. The zero-order chi connectivity index (χ0) is 22.0. The number of aromatic nitrogens is 2. The number of nitro groups is 1. The van der Waals surface area contributed by atoms with Crippen LogP contribution in [0.1, 0.15) is 33.0 Å². The molecule has 0 saturated heterocycles. The summed E-state index contributed by atoms with van der Waals surface area (Å²) in [5.41, 5.74) is 0.969. The number of rotatable bonds is 2. The molecule has 0 radical (unpaired) electrons. The van der Waals surface area contributed by atoms with Gasteiger partial charge in [0.25, 0.3) is 11.2 Å². The van der Waals surface area contributed by atoms with Gasteiger partial charge in [-0.2, -0.15) is 0 Å². The van der Waals surface area contributed by atoms with Crippen LogP contribution in [0.2, 0.25) is 0 Å². The Balaban J connectivity index is 1.89. The van der Waals surface area contributed by atoms with Gasteiger partial charge in [0.2, 0.25) is 0 Å². The standard InChI is InChI=1S/C22H16N4O5/c1-24-20-17(21(28)25(2)22(24)29)15(11-6-5-7-12(10-11)26(30)31)16-18(23-20)13-8-3-4-9-14(13)19(16)27/h3-10,15-16H,1-2H3. The van der Waals surface area contributed by atoms with E-state index in [2.05, 4.69) is 4.99 Å². The Morgan fingerprint density at radius 2 is 1.65 bits per heavy atom. The minimum atomic E-state index is -0.812. The molecule has 0 saturated carbocycles. The fourth-order valence-electron chi connectivity index (χ4n) is 4.56. The minimum Gasteiger partial charge on any atom is -0.293 e. The van der Waals surface area contributed by atoms with Crippen LogP contribution in [0.15, 0.2) is 63.1 Å². The van der Waals surface area contributed by atoms with Crippen molar-refractivity contribution in [2.45, 2.75) is 5.92 Å². The number of non-ortho nitro benzene ring substituents is 1. The van der Waals surface area contributed by atoms with Crippen molar-refractivity contribution in [2.24, 2.45) is 25.0 Å².